The fourth-order valence-electron chi connectivity index (χ4n) is 2.41. The molecule has 0 heterocycles. The van der Waals surface area contributed by atoms with E-state index in [1.807, 2.05) is 27.7 Å². The molecule has 1 fully saturated rings. The van der Waals surface area contributed by atoms with Crippen molar-refractivity contribution in [2.24, 2.45) is 11.8 Å². The quantitative estimate of drug-likeness (QED) is 0.737. The minimum Gasteiger partial charge on any atom is -0.299 e. The van der Waals surface area contributed by atoms with Crippen molar-refractivity contribution in [3.05, 3.63) is 0 Å². The third-order valence-electron chi connectivity index (χ3n) is 3.22. The van der Waals surface area contributed by atoms with Crippen LogP contribution in [-0.4, -0.2) is 15.6 Å². The summed E-state index contributed by atoms with van der Waals surface area (Å²) in [6.45, 7) is 8.13. The molecule has 0 saturated heterocycles. The highest BCUT2D eigenvalue weighted by molar-refractivity contribution is 8.14. The molecule has 0 N–H and O–H groups in total. The predicted molar refractivity (Wildman–Crippen MR) is 80.9 cm³/mol. The highest BCUT2D eigenvalue weighted by Gasteiger charge is 2.35. The minimum atomic E-state index is -0.0444. The molecule has 0 bridgehead atoms. The summed E-state index contributed by atoms with van der Waals surface area (Å²) in [6, 6.07) is 0. The van der Waals surface area contributed by atoms with E-state index in [1.54, 1.807) is 0 Å². The summed E-state index contributed by atoms with van der Waals surface area (Å²) in [5.74, 6) is 6.58. The van der Waals surface area contributed by atoms with Crippen molar-refractivity contribution in [2.45, 2.75) is 64.5 Å². The molecular weight excluding hydrogens is 256 g/mol. The Hall–Kier alpha value is -0.750. The zero-order valence-corrected chi connectivity index (χ0v) is 13.2. The molecule has 0 aliphatic heterocycles. The van der Waals surface area contributed by atoms with Crippen LogP contribution in [0.3, 0.4) is 0 Å². The van der Waals surface area contributed by atoms with Gasteiger partial charge in [-0.25, -0.2) is 0 Å². The van der Waals surface area contributed by atoms with Crippen LogP contribution in [0, 0.1) is 23.7 Å². The normalized spacial score (nSPS) is 23.1. The van der Waals surface area contributed by atoms with Crippen LogP contribution in [0.1, 0.15) is 59.8 Å². The van der Waals surface area contributed by atoms with E-state index in [9.17, 15) is 9.59 Å². The maximum atomic E-state index is 12.0. The molecule has 0 aromatic rings. The second-order valence-electron chi connectivity index (χ2n) is 6.07. The van der Waals surface area contributed by atoms with Crippen molar-refractivity contribution in [3.8, 4) is 11.8 Å². The monoisotopic (exact) mass is 280 g/mol. The lowest BCUT2D eigenvalue weighted by Crippen LogP contribution is -2.19. The van der Waals surface area contributed by atoms with Crippen LogP contribution in [0.15, 0.2) is 0 Å². The number of ketones is 1. The van der Waals surface area contributed by atoms with Gasteiger partial charge in [0.05, 0.1) is 0 Å². The Bertz CT molecular complexity index is 395. The summed E-state index contributed by atoms with van der Waals surface area (Å²) in [5.41, 5.74) is 0. The minimum absolute atomic E-state index is 0.0106. The van der Waals surface area contributed by atoms with E-state index < -0.39 is 0 Å². The lowest BCUT2D eigenvalue weighted by atomic mass is 9.90. The van der Waals surface area contributed by atoms with Gasteiger partial charge < -0.3 is 0 Å². The average molecular weight is 280 g/mol. The molecule has 3 heteroatoms. The summed E-state index contributed by atoms with van der Waals surface area (Å²) < 4.78 is -0.0444. The zero-order chi connectivity index (χ0) is 14.5. The molecule has 0 aromatic heterocycles. The summed E-state index contributed by atoms with van der Waals surface area (Å²) in [7, 11) is 0. The molecular formula is C16H24O2S. The fraction of sp³-hybridized carbons (Fsp3) is 0.750. The smallest absolute Gasteiger partial charge is 0.189 e. The van der Waals surface area contributed by atoms with Crippen LogP contribution >= 0.6 is 11.8 Å². The Morgan fingerprint density at radius 1 is 1.37 bits per heavy atom. The highest BCUT2D eigenvalue weighted by atomic mass is 32.2. The van der Waals surface area contributed by atoms with Gasteiger partial charge in [0.25, 0.3) is 0 Å². The van der Waals surface area contributed by atoms with E-state index in [4.69, 9.17) is 0 Å². The van der Waals surface area contributed by atoms with Gasteiger partial charge in [0.15, 0.2) is 5.12 Å². The summed E-state index contributed by atoms with van der Waals surface area (Å²) >= 11 is 1.39. The SMILES string of the molecule is CCC#CCC1C(=O)CCC1CC(=O)SC(C)(C)C. The fourth-order valence-corrected chi connectivity index (χ4v) is 3.39. The molecule has 1 aliphatic carbocycles. The topological polar surface area (TPSA) is 34.1 Å². The van der Waals surface area contributed by atoms with Crippen LogP contribution in [0.2, 0.25) is 0 Å². The van der Waals surface area contributed by atoms with Crippen LogP contribution in [0.5, 0.6) is 0 Å². The molecule has 2 nitrogen and oxygen atoms in total. The van der Waals surface area contributed by atoms with E-state index in [0.29, 0.717) is 25.0 Å². The van der Waals surface area contributed by atoms with Crippen LogP contribution < -0.4 is 0 Å². The Morgan fingerprint density at radius 3 is 2.63 bits per heavy atom. The van der Waals surface area contributed by atoms with Crippen molar-refractivity contribution in [1.29, 1.82) is 0 Å². The van der Waals surface area contributed by atoms with E-state index >= 15 is 0 Å². The number of hydrogen-bond acceptors (Lipinski definition) is 3. The zero-order valence-electron chi connectivity index (χ0n) is 12.4. The average Bonchev–Trinajstić information content (AvgIpc) is 2.59. The number of thioether (sulfide) groups is 1. The number of carbonyl (C=O) groups excluding carboxylic acids is 2. The van der Waals surface area contributed by atoms with Gasteiger partial charge in [-0.1, -0.05) is 39.5 Å². The van der Waals surface area contributed by atoms with E-state index in [1.165, 1.54) is 11.8 Å². The third kappa shape index (κ3) is 5.82. The van der Waals surface area contributed by atoms with Crippen molar-refractivity contribution >= 4 is 22.7 Å². The summed E-state index contributed by atoms with van der Waals surface area (Å²) in [5, 5.41) is 0.209. The standard InChI is InChI=1S/C16H24O2S/c1-5-6-7-8-13-12(9-10-14(13)17)11-15(18)19-16(2,3)4/h12-13H,5,8-11H2,1-4H3. The maximum Gasteiger partial charge on any atom is 0.189 e. The number of hydrogen-bond donors (Lipinski definition) is 0. The third-order valence-corrected chi connectivity index (χ3v) is 4.22. The van der Waals surface area contributed by atoms with Crippen molar-refractivity contribution in [3.63, 3.8) is 0 Å². The molecule has 2 atom stereocenters. The van der Waals surface area contributed by atoms with Crippen molar-refractivity contribution < 1.29 is 9.59 Å². The van der Waals surface area contributed by atoms with E-state index in [0.717, 1.165) is 12.8 Å². The van der Waals surface area contributed by atoms with Gasteiger partial charge in [-0.15, -0.1) is 11.8 Å². The molecule has 0 amide bonds. The molecule has 0 radical (unpaired) electrons. The molecule has 0 spiro atoms. The van der Waals surface area contributed by atoms with Gasteiger partial charge in [-0.2, -0.15) is 0 Å². The van der Waals surface area contributed by atoms with Gasteiger partial charge in [-0.3, -0.25) is 9.59 Å². The second-order valence-corrected chi connectivity index (χ2v) is 7.96. The first-order valence-electron chi connectivity index (χ1n) is 7.03. The number of rotatable bonds is 3. The van der Waals surface area contributed by atoms with Crippen LogP contribution in [0.25, 0.3) is 0 Å². The Balaban J connectivity index is 2.56. The first-order chi connectivity index (χ1) is 8.83. The van der Waals surface area contributed by atoms with Gasteiger partial charge in [0, 0.05) is 36.3 Å². The van der Waals surface area contributed by atoms with Crippen molar-refractivity contribution in [1.82, 2.24) is 0 Å². The molecule has 0 aromatic carbocycles. The Morgan fingerprint density at radius 2 is 2.05 bits per heavy atom. The molecule has 2 unspecified atom stereocenters. The predicted octanol–water partition coefficient (Wildman–Crippen LogP) is 3.83. The first-order valence-corrected chi connectivity index (χ1v) is 7.85. The Labute approximate surface area is 121 Å². The van der Waals surface area contributed by atoms with Gasteiger partial charge in [0.2, 0.25) is 0 Å². The summed E-state index contributed by atoms with van der Waals surface area (Å²) in [6.07, 6.45) is 3.45. The summed E-state index contributed by atoms with van der Waals surface area (Å²) in [4.78, 5) is 23.9. The molecule has 106 valence electrons. The van der Waals surface area contributed by atoms with E-state index in [-0.39, 0.29) is 21.7 Å². The molecule has 1 saturated carbocycles. The highest BCUT2D eigenvalue weighted by Crippen LogP contribution is 2.36. The second kappa shape index (κ2) is 7.14. The lowest BCUT2D eigenvalue weighted by Gasteiger charge is -2.19. The van der Waals surface area contributed by atoms with Gasteiger partial charge in [-0.05, 0) is 12.3 Å². The molecule has 19 heavy (non-hydrogen) atoms. The van der Waals surface area contributed by atoms with Gasteiger partial charge in [0.1, 0.15) is 5.78 Å². The first kappa shape index (κ1) is 16.3. The molecule has 1 aliphatic rings. The van der Waals surface area contributed by atoms with Crippen LogP contribution in [-0.2, 0) is 9.59 Å². The number of carbonyl (C=O) groups is 2. The lowest BCUT2D eigenvalue weighted by molar-refractivity contribution is -0.121. The number of Topliss-reactive ketones (excluding diaryl/α,β-unsaturated/α-hetero) is 1. The maximum absolute atomic E-state index is 12.0. The van der Waals surface area contributed by atoms with Crippen LogP contribution in [0.4, 0.5) is 0 Å². The molecule has 1 rings (SSSR count). The van der Waals surface area contributed by atoms with Gasteiger partial charge >= 0.3 is 0 Å². The largest absolute Gasteiger partial charge is 0.299 e. The Kier molecular flexibility index (Phi) is 6.13. The van der Waals surface area contributed by atoms with E-state index in [2.05, 4.69) is 11.8 Å². The van der Waals surface area contributed by atoms with Crippen molar-refractivity contribution in [2.75, 3.05) is 0 Å².